The number of rotatable bonds is 11. The topological polar surface area (TPSA) is 76.1 Å². The molecule has 0 aromatic heterocycles. The number of carbonyl (C=O) groups is 3. The molecule has 0 unspecified atom stereocenters. The van der Waals surface area contributed by atoms with Gasteiger partial charge in [-0.25, -0.2) is 5.06 Å². The fourth-order valence-corrected chi connectivity index (χ4v) is 4.67. The number of benzene rings is 2. The number of carbonyl (C=O) groups excluding carboxylic acids is 3. The van der Waals surface area contributed by atoms with Crippen LogP contribution in [-0.2, 0) is 27.0 Å². The van der Waals surface area contributed by atoms with Crippen molar-refractivity contribution in [1.29, 1.82) is 0 Å². The molecule has 2 aromatic rings. The fourth-order valence-electron chi connectivity index (χ4n) is 4.67. The Kier molecular flexibility index (Phi) is 11.1. The first-order valence-corrected chi connectivity index (χ1v) is 13.8. The first kappa shape index (κ1) is 31.9. The average Bonchev–Trinajstić information content (AvgIpc) is 2.95. The quantitative estimate of drug-likeness (QED) is 0.162. The molecular formula is C31H37F3N2O5. The molecule has 0 aliphatic carbocycles. The van der Waals surface area contributed by atoms with Crippen molar-refractivity contribution in [3.8, 4) is 0 Å². The normalized spacial score (nSPS) is 13.9. The van der Waals surface area contributed by atoms with Gasteiger partial charge in [-0.15, -0.1) is 0 Å². The van der Waals surface area contributed by atoms with E-state index in [2.05, 4.69) is 0 Å². The van der Waals surface area contributed by atoms with Gasteiger partial charge in [0, 0.05) is 36.0 Å². The lowest BCUT2D eigenvalue weighted by Crippen LogP contribution is -2.33. The van der Waals surface area contributed by atoms with Gasteiger partial charge in [-0.2, -0.15) is 13.2 Å². The van der Waals surface area contributed by atoms with Gasteiger partial charge < -0.3 is 4.74 Å². The highest BCUT2D eigenvalue weighted by atomic mass is 19.4. The van der Waals surface area contributed by atoms with Gasteiger partial charge in [0.15, 0.2) is 0 Å². The summed E-state index contributed by atoms with van der Waals surface area (Å²) in [6, 6.07) is 9.31. The fraction of sp³-hybridized carbons (Fsp3) is 0.452. The van der Waals surface area contributed by atoms with Crippen LogP contribution in [0, 0.1) is 0 Å². The van der Waals surface area contributed by atoms with Crippen LogP contribution in [0.25, 0.3) is 0 Å². The number of halogens is 3. The minimum Gasteiger partial charge on any atom is -0.466 e. The van der Waals surface area contributed by atoms with E-state index in [0.717, 1.165) is 35.6 Å². The molecule has 0 saturated heterocycles. The van der Waals surface area contributed by atoms with Crippen LogP contribution in [0.15, 0.2) is 53.7 Å². The van der Waals surface area contributed by atoms with Crippen LogP contribution in [0.1, 0.15) is 90.6 Å². The summed E-state index contributed by atoms with van der Waals surface area (Å²) in [6.07, 6.45) is 0.134. The smallest absolute Gasteiger partial charge is 0.416 e. The first-order chi connectivity index (χ1) is 19.5. The van der Waals surface area contributed by atoms with Crippen LogP contribution < -0.4 is 4.90 Å². The third-order valence-corrected chi connectivity index (χ3v) is 7.14. The molecule has 2 amide bonds. The number of alkyl halides is 3. The zero-order chi connectivity index (χ0) is 30.2. The van der Waals surface area contributed by atoms with Crippen LogP contribution in [0.5, 0.6) is 0 Å². The number of allylic oxidation sites excluding steroid dienone is 2. The summed E-state index contributed by atoms with van der Waals surface area (Å²) in [7, 11) is 2.86. The molecule has 0 atom stereocenters. The molecule has 0 fully saturated rings. The van der Waals surface area contributed by atoms with Crippen molar-refractivity contribution in [3.05, 3.63) is 76.0 Å². The third kappa shape index (κ3) is 8.19. The highest BCUT2D eigenvalue weighted by Crippen LogP contribution is 2.35. The summed E-state index contributed by atoms with van der Waals surface area (Å²) < 4.78 is 45.1. The Morgan fingerprint density at radius 2 is 1.73 bits per heavy atom. The third-order valence-electron chi connectivity index (χ3n) is 7.14. The molecular weight excluding hydrogens is 537 g/mol. The van der Waals surface area contributed by atoms with E-state index in [4.69, 9.17) is 9.57 Å². The Labute approximate surface area is 238 Å². The number of unbranched alkanes of at least 4 members (excludes halogenated alkanes) is 2. The SMILES string of the molecule is CCCCOC(=O)CCCCC1=C(C)CCc2cc(C(=O)N(C)OC)ccc2C(=O)N1c1ccc(C(F)(F)F)cc1. The largest absolute Gasteiger partial charge is 0.466 e. The van der Waals surface area contributed by atoms with Crippen LogP contribution >= 0.6 is 0 Å². The van der Waals surface area contributed by atoms with Gasteiger partial charge in [0.05, 0.1) is 19.3 Å². The molecule has 2 aromatic carbocycles. The number of amides is 2. The predicted molar refractivity (Wildman–Crippen MR) is 149 cm³/mol. The number of fused-ring (bicyclic) bond motifs is 1. The second-order valence-electron chi connectivity index (χ2n) is 10.1. The van der Waals surface area contributed by atoms with Gasteiger partial charge in [-0.05, 0) is 93.5 Å². The van der Waals surface area contributed by atoms with Gasteiger partial charge in [0.1, 0.15) is 0 Å². The summed E-state index contributed by atoms with van der Waals surface area (Å²) in [5.74, 6) is -1.03. The molecule has 1 aliphatic heterocycles. The molecule has 1 aliphatic rings. The van der Waals surface area contributed by atoms with Crippen LogP contribution in [0.3, 0.4) is 0 Å². The molecule has 1 heterocycles. The van der Waals surface area contributed by atoms with Gasteiger partial charge in [-0.1, -0.05) is 18.9 Å². The minimum atomic E-state index is -4.51. The lowest BCUT2D eigenvalue weighted by molar-refractivity contribution is -0.144. The Balaban J connectivity index is 1.94. The Bertz CT molecular complexity index is 1270. The second-order valence-corrected chi connectivity index (χ2v) is 10.1. The molecule has 41 heavy (non-hydrogen) atoms. The highest BCUT2D eigenvalue weighted by Gasteiger charge is 2.32. The summed E-state index contributed by atoms with van der Waals surface area (Å²) >= 11 is 0. The molecule has 7 nitrogen and oxygen atoms in total. The van der Waals surface area contributed by atoms with E-state index >= 15 is 0 Å². The Hall–Kier alpha value is -3.66. The van der Waals surface area contributed by atoms with E-state index < -0.39 is 17.6 Å². The lowest BCUT2D eigenvalue weighted by atomic mass is 9.92. The maximum atomic E-state index is 14.1. The zero-order valence-corrected chi connectivity index (χ0v) is 24.0. The van der Waals surface area contributed by atoms with Crippen LogP contribution in [-0.4, -0.2) is 43.6 Å². The molecule has 3 rings (SSSR count). The van der Waals surface area contributed by atoms with Crippen molar-refractivity contribution in [3.63, 3.8) is 0 Å². The van der Waals surface area contributed by atoms with Gasteiger partial charge in [0.2, 0.25) is 0 Å². The van der Waals surface area contributed by atoms with Crippen LogP contribution in [0.2, 0.25) is 0 Å². The van der Waals surface area contributed by atoms with Crippen molar-refractivity contribution < 1.29 is 37.1 Å². The van der Waals surface area contributed by atoms with Gasteiger partial charge in [0.25, 0.3) is 11.8 Å². The van der Waals surface area contributed by atoms with Crippen molar-refractivity contribution in [2.45, 2.75) is 71.4 Å². The van der Waals surface area contributed by atoms with E-state index in [9.17, 15) is 27.6 Å². The number of anilines is 1. The first-order valence-electron chi connectivity index (χ1n) is 13.8. The maximum absolute atomic E-state index is 14.1. The summed E-state index contributed by atoms with van der Waals surface area (Å²) in [5.41, 5.74) is 2.48. The van der Waals surface area contributed by atoms with E-state index in [1.165, 1.54) is 31.2 Å². The Morgan fingerprint density at radius 3 is 2.37 bits per heavy atom. The Morgan fingerprint density at radius 1 is 1.02 bits per heavy atom. The average molecular weight is 575 g/mol. The van der Waals surface area contributed by atoms with Crippen molar-refractivity contribution in [1.82, 2.24) is 5.06 Å². The molecule has 0 radical (unpaired) electrons. The molecule has 0 bridgehead atoms. The van der Waals surface area contributed by atoms with Crippen molar-refractivity contribution in [2.75, 3.05) is 25.7 Å². The number of hydrogen-bond donors (Lipinski definition) is 0. The number of hydrogen-bond acceptors (Lipinski definition) is 5. The maximum Gasteiger partial charge on any atom is 0.416 e. The van der Waals surface area contributed by atoms with Crippen molar-refractivity contribution in [2.24, 2.45) is 0 Å². The van der Waals surface area contributed by atoms with Crippen LogP contribution in [0.4, 0.5) is 18.9 Å². The number of nitrogens with zero attached hydrogens (tertiary/aromatic N) is 2. The molecule has 0 spiro atoms. The second kappa shape index (κ2) is 14.3. The molecule has 10 heteroatoms. The summed E-state index contributed by atoms with van der Waals surface area (Å²) in [5, 5.41) is 1.09. The van der Waals surface area contributed by atoms with Crippen molar-refractivity contribution >= 4 is 23.5 Å². The zero-order valence-electron chi connectivity index (χ0n) is 24.0. The predicted octanol–water partition coefficient (Wildman–Crippen LogP) is 7.11. The van der Waals surface area contributed by atoms with E-state index in [1.54, 1.807) is 18.2 Å². The molecule has 0 saturated carbocycles. The van der Waals surface area contributed by atoms with E-state index in [-0.39, 0.29) is 18.3 Å². The number of aryl methyl sites for hydroxylation is 1. The van der Waals surface area contributed by atoms with E-state index in [0.29, 0.717) is 66.8 Å². The van der Waals surface area contributed by atoms with Gasteiger partial charge in [-0.3, -0.25) is 24.1 Å². The summed E-state index contributed by atoms with van der Waals surface area (Å²) in [6.45, 7) is 4.31. The minimum absolute atomic E-state index is 0.250. The van der Waals surface area contributed by atoms with E-state index in [1.807, 2.05) is 13.8 Å². The molecule has 222 valence electrons. The van der Waals surface area contributed by atoms with Gasteiger partial charge >= 0.3 is 12.1 Å². The molecule has 0 N–H and O–H groups in total. The lowest BCUT2D eigenvalue weighted by Gasteiger charge is -2.31. The number of ether oxygens (including phenoxy) is 1. The standard InChI is InChI=1S/C31H37F3N2O5/c1-5-6-19-41-28(37)10-8-7-9-27-21(2)11-12-22-20-23(29(38)35(3)40-4)13-18-26(22)30(39)36(27)25-16-14-24(15-17-25)31(32,33)34/h13-18,20H,5-12,19H2,1-4H3. The highest BCUT2D eigenvalue weighted by molar-refractivity contribution is 6.10. The monoisotopic (exact) mass is 574 g/mol. The summed E-state index contributed by atoms with van der Waals surface area (Å²) in [4.78, 5) is 45.2. The number of esters is 1. The number of hydroxylamine groups is 2.